The standard InChI is InChI=1S/C16H28N4O6S/c1-8(2)12(14(23)18-10(7-27)16(25)26)19-13(22)11-4-3-5-20(11)15(24)9(17)6-21/h8-12,21,27H,3-7,17H2,1-2H3,(H,18,23)(H,19,22)(H,25,26). The fourth-order valence-electron chi connectivity index (χ4n) is 2.83. The number of thiol groups is 1. The van der Waals surface area contributed by atoms with Crippen LogP contribution in [-0.4, -0.2) is 81.9 Å². The fraction of sp³-hybridized carbons (Fsp3) is 0.750. The van der Waals surface area contributed by atoms with E-state index in [1.165, 1.54) is 4.90 Å². The molecule has 0 bridgehead atoms. The summed E-state index contributed by atoms with van der Waals surface area (Å²) in [6.07, 6.45) is 1.01. The summed E-state index contributed by atoms with van der Waals surface area (Å²) in [7, 11) is 0. The predicted octanol–water partition coefficient (Wildman–Crippen LogP) is -2.06. The first-order valence-corrected chi connectivity index (χ1v) is 9.38. The van der Waals surface area contributed by atoms with Gasteiger partial charge in [-0.05, 0) is 18.8 Å². The Morgan fingerprint density at radius 3 is 2.37 bits per heavy atom. The summed E-state index contributed by atoms with van der Waals surface area (Å²) in [4.78, 5) is 49.7. The number of aliphatic hydroxyl groups is 1. The maximum atomic E-state index is 12.7. The van der Waals surface area contributed by atoms with Crippen molar-refractivity contribution in [2.75, 3.05) is 18.9 Å². The lowest BCUT2D eigenvalue weighted by atomic mass is 10.0. The quantitative estimate of drug-likeness (QED) is 0.241. The number of hydrogen-bond donors (Lipinski definition) is 6. The molecule has 0 saturated carbocycles. The molecule has 0 spiro atoms. The zero-order valence-corrected chi connectivity index (χ0v) is 16.3. The molecule has 1 aliphatic heterocycles. The molecule has 154 valence electrons. The third-order valence-corrected chi connectivity index (χ3v) is 4.76. The van der Waals surface area contributed by atoms with Crippen LogP contribution < -0.4 is 16.4 Å². The number of nitrogens with two attached hydrogens (primary N) is 1. The van der Waals surface area contributed by atoms with Gasteiger partial charge in [-0.15, -0.1) is 0 Å². The van der Waals surface area contributed by atoms with Crippen molar-refractivity contribution in [3.05, 3.63) is 0 Å². The van der Waals surface area contributed by atoms with Crippen molar-refractivity contribution in [3.63, 3.8) is 0 Å². The normalized spacial score (nSPS) is 20.1. The number of carbonyl (C=O) groups is 4. The molecule has 11 heteroatoms. The molecule has 1 saturated heterocycles. The Balaban J connectivity index is 2.84. The second-order valence-corrected chi connectivity index (χ2v) is 7.16. The summed E-state index contributed by atoms with van der Waals surface area (Å²) in [5.41, 5.74) is 5.55. The van der Waals surface area contributed by atoms with Crippen molar-refractivity contribution in [1.82, 2.24) is 15.5 Å². The molecule has 0 aromatic heterocycles. The molecular formula is C16H28N4O6S. The molecule has 6 N–H and O–H groups in total. The molecular weight excluding hydrogens is 376 g/mol. The van der Waals surface area contributed by atoms with Crippen molar-refractivity contribution in [2.24, 2.45) is 11.7 Å². The Bertz CT molecular complexity index is 573. The minimum Gasteiger partial charge on any atom is -0.480 e. The number of nitrogens with one attached hydrogen (secondary N) is 2. The van der Waals surface area contributed by atoms with Gasteiger partial charge in [0.15, 0.2) is 0 Å². The number of aliphatic hydroxyl groups excluding tert-OH is 1. The molecule has 1 aliphatic rings. The van der Waals surface area contributed by atoms with E-state index in [1.54, 1.807) is 13.8 Å². The topological polar surface area (TPSA) is 162 Å². The Labute approximate surface area is 163 Å². The molecule has 27 heavy (non-hydrogen) atoms. The van der Waals surface area contributed by atoms with E-state index in [9.17, 15) is 19.2 Å². The third kappa shape index (κ3) is 6.08. The van der Waals surface area contributed by atoms with Crippen LogP contribution in [0.4, 0.5) is 0 Å². The first-order valence-electron chi connectivity index (χ1n) is 8.75. The van der Waals surface area contributed by atoms with E-state index >= 15 is 0 Å². The maximum Gasteiger partial charge on any atom is 0.327 e. The number of aliphatic carboxylic acids is 1. The average molecular weight is 404 g/mol. The minimum atomic E-state index is -1.22. The van der Waals surface area contributed by atoms with Crippen LogP contribution in [0.1, 0.15) is 26.7 Å². The second-order valence-electron chi connectivity index (χ2n) is 6.79. The lowest BCUT2D eigenvalue weighted by Crippen LogP contribution is -2.58. The van der Waals surface area contributed by atoms with Gasteiger partial charge in [0, 0.05) is 12.3 Å². The van der Waals surface area contributed by atoms with Gasteiger partial charge in [0.05, 0.1) is 6.61 Å². The summed E-state index contributed by atoms with van der Waals surface area (Å²) < 4.78 is 0. The summed E-state index contributed by atoms with van der Waals surface area (Å²) in [5.74, 6) is -3.31. The van der Waals surface area contributed by atoms with Gasteiger partial charge >= 0.3 is 5.97 Å². The Hall–Kier alpha value is -1.85. The number of likely N-dealkylation sites (tertiary alicyclic amines) is 1. The van der Waals surface area contributed by atoms with Gasteiger partial charge in [-0.25, -0.2) is 4.79 Å². The Morgan fingerprint density at radius 1 is 1.26 bits per heavy atom. The van der Waals surface area contributed by atoms with E-state index in [4.69, 9.17) is 15.9 Å². The molecule has 1 fully saturated rings. The lowest BCUT2D eigenvalue weighted by Gasteiger charge is -2.29. The van der Waals surface area contributed by atoms with Crippen molar-refractivity contribution in [3.8, 4) is 0 Å². The molecule has 10 nitrogen and oxygen atoms in total. The summed E-state index contributed by atoms with van der Waals surface area (Å²) >= 11 is 3.89. The average Bonchev–Trinajstić information content (AvgIpc) is 3.11. The van der Waals surface area contributed by atoms with E-state index in [0.29, 0.717) is 19.4 Å². The Kier molecular flexibility index (Phi) is 9.00. The van der Waals surface area contributed by atoms with Gasteiger partial charge in [0.2, 0.25) is 17.7 Å². The zero-order chi connectivity index (χ0) is 20.7. The maximum absolute atomic E-state index is 12.7. The monoisotopic (exact) mass is 404 g/mol. The van der Waals surface area contributed by atoms with Gasteiger partial charge in [-0.1, -0.05) is 13.8 Å². The molecule has 4 atom stereocenters. The molecule has 0 aliphatic carbocycles. The highest BCUT2D eigenvalue weighted by atomic mass is 32.1. The highest BCUT2D eigenvalue weighted by Crippen LogP contribution is 2.19. The van der Waals surface area contributed by atoms with Crippen molar-refractivity contribution in [1.29, 1.82) is 0 Å². The minimum absolute atomic E-state index is 0.0935. The van der Waals surface area contributed by atoms with Crippen molar-refractivity contribution < 1.29 is 29.4 Å². The first kappa shape index (κ1) is 23.2. The largest absolute Gasteiger partial charge is 0.480 e. The van der Waals surface area contributed by atoms with Gasteiger partial charge < -0.3 is 31.5 Å². The van der Waals surface area contributed by atoms with E-state index in [1.807, 2.05) is 0 Å². The number of nitrogens with zero attached hydrogens (tertiary/aromatic N) is 1. The van der Waals surface area contributed by atoms with E-state index in [0.717, 1.165) is 0 Å². The lowest BCUT2D eigenvalue weighted by molar-refractivity contribution is -0.143. The number of carbonyl (C=O) groups excluding carboxylic acids is 3. The third-order valence-electron chi connectivity index (χ3n) is 4.40. The van der Waals surface area contributed by atoms with Crippen LogP contribution in [0.5, 0.6) is 0 Å². The number of amides is 3. The molecule has 0 aromatic carbocycles. The van der Waals surface area contributed by atoms with Crippen LogP contribution in [0.3, 0.4) is 0 Å². The van der Waals surface area contributed by atoms with Crippen molar-refractivity contribution in [2.45, 2.75) is 50.9 Å². The molecule has 0 radical (unpaired) electrons. The van der Waals surface area contributed by atoms with Gasteiger partial charge in [0.1, 0.15) is 24.2 Å². The first-order chi connectivity index (χ1) is 12.6. The van der Waals surface area contributed by atoms with E-state index in [2.05, 4.69) is 23.3 Å². The van der Waals surface area contributed by atoms with Crippen LogP contribution in [0.25, 0.3) is 0 Å². The Morgan fingerprint density at radius 2 is 1.89 bits per heavy atom. The molecule has 0 aromatic rings. The zero-order valence-electron chi connectivity index (χ0n) is 15.4. The van der Waals surface area contributed by atoms with Gasteiger partial charge in [-0.2, -0.15) is 12.6 Å². The number of rotatable bonds is 9. The van der Waals surface area contributed by atoms with Crippen LogP contribution in [-0.2, 0) is 19.2 Å². The molecule has 3 amide bonds. The predicted molar refractivity (Wildman–Crippen MR) is 100.0 cm³/mol. The van der Waals surface area contributed by atoms with E-state index < -0.39 is 54.5 Å². The van der Waals surface area contributed by atoms with Crippen LogP contribution in [0.15, 0.2) is 0 Å². The highest BCUT2D eigenvalue weighted by Gasteiger charge is 2.38. The summed E-state index contributed by atoms with van der Waals surface area (Å²) in [6.45, 7) is 3.23. The number of hydrogen-bond acceptors (Lipinski definition) is 7. The number of carboxylic acid groups (broad SMARTS) is 1. The fourth-order valence-corrected chi connectivity index (χ4v) is 3.07. The van der Waals surface area contributed by atoms with Crippen LogP contribution >= 0.6 is 12.6 Å². The molecule has 1 rings (SSSR count). The van der Waals surface area contributed by atoms with Crippen LogP contribution in [0, 0.1) is 5.92 Å². The van der Waals surface area contributed by atoms with Crippen molar-refractivity contribution >= 4 is 36.3 Å². The number of carboxylic acids is 1. The summed E-state index contributed by atoms with van der Waals surface area (Å²) in [6, 6.07) is -4.03. The SMILES string of the molecule is CC(C)C(NC(=O)C1CCCN1C(=O)C(N)CO)C(=O)NC(CS)C(=O)O. The van der Waals surface area contributed by atoms with Gasteiger partial charge in [-0.3, -0.25) is 14.4 Å². The molecule has 4 unspecified atom stereocenters. The highest BCUT2D eigenvalue weighted by molar-refractivity contribution is 7.80. The summed E-state index contributed by atoms with van der Waals surface area (Å²) in [5, 5.41) is 23.0. The molecule has 1 heterocycles. The van der Waals surface area contributed by atoms with Crippen LogP contribution in [0.2, 0.25) is 0 Å². The smallest absolute Gasteiger partial charge is 0.327 e. The second kappa shape index (κ2) is 10.5. The van der Waals surface area contributed by atoms with Gasteiger partial charge in [0.25, 0.3) is 0 Å². The van der Waals surface area contributed by atoms with E-state index in [-0.39, 0.29) is 11.7 Å².